The van der Waals surface area contributed by atoms with Crippen molar-refractivity contribution in [3.8, 4) is 5.75 Å². The molecular formula is C14H18BrNO5S. The summed E-state index contributed by atoms with van der Waals surface area (Å²) in [6.45, 7) is 5.11. The molecule has 1 unspecified atom stereocenters. The summed E-state index contributed by atoms with van der Waals surface area (Å²) in [5, 5.41) is 9.40. The van der Waals surface area contributed by atoms with Gasteiger partial charge < -0.3 is 14.6 Å². The number of halogens is 1. The molecule has 0 amide bonds. The Kier molecular flexibility index (Phi) is 6.70. The molecule has 0 bridgehead atoms. The number of rotatable bonds is 6. The van der Waals surface area contributed by atoms with E-state index in [0.29, 0.717) is 4.47 Å². The average molecular weight is 392 g/mol. The Morgan fingerprint density at radius 1 is 1.41 bits per heavy atom. The third-order valence-corrected chi connectivity index (χ3v) is 4.32. The maximum absolute atomic E-state index is 12.1. The van der Waals surface area contributed by atoms with Gasteiger partial charge >= 0.3 is 5.97 Å². The van der Waals surface area contributed by atoms with Crippen LogP contribution in [0.15, 0.2) is 27.1 Å². The number of aliphatic carboxylic acids is 1. The Bertz CT molecular complexity index is 610. The highest BCUT2D eigenvalue weighted by Gasteiger charge is 2.24. The van der Waals surface area contributed by atoms with Gasteiger partial charge in [0.05, 0.1) is 10.3 Å². The predicted molar refractivity (Wildman–Crippen MR) is 88.7 cm³/mol. The van der Waals surface area contributed by atoms with Crippen molar-refractivity contribution in [2.75, 3.05) is 13.9 Å². The van der Waals surface area contributed by atoms with Crippen molar-refractivity contribution >= 4 is 38.6 Å². The van der Waals surface area contributed by atoms with Gasteiger partial charge in [-0.2, -0.15) is 4.40 Å². The first-order valence-corrected chi connectivity index (χ1v) is 8.22. The molecule has 0 heterocycles. The molecule has 22 heavy (non-hydrogen) atoms. The van der Waals surface area contributed by atoms with Crippen LogP contribution in [0.1, 0.15) is 26.3 Å². The molecule has 0 saturated carbocycles. The van der Waals surface area contributed by atoms with Crippen molar-refractivity contribution in [3.63, 3.8) is 0 Å². The van der Waals surface area contributed by atoms with E-state index in [2.05, 4.69) is 20.3 Å². The molecule has 122 valence electrons. The summed E-state index contributed by atoms with van der Waals surface area (Å²) in [6.07, 6.45) is 0. The molecule has 1 atom stereocenters. The maximum atomic E-state index is 12.1. The Morgan fingerprint density at radius 3 is 2.55 bits per heavy atom. The Hall–Kier alpha value is -1.25. The van der Waals surface area contributed by atoms with Gasteiger partial charge in [0.1, 0.15) is 16.7 Å². The summed E-state index contributed by atoms with van der Waals surface area (Å²) in [5.41, 5.74) is -0.0720. The van der Waals surface area contributed by atoms with Crippen molar-refractivity contribution in [1.82, 2.24) is 0 Å². The molecule has 0 aliphatic heterocycles. The molecule has 0 radical (unpaired) electrons. The van der Waals surface area contributed by atoms with Crippen molar-refractivity contribution in [2.24, 2.45) is 4.40 Å². The largest absolute Gasteiger partial charge is 0.476 e. The minimum absolute atomic E-state index is 0.0429. The second kappa shape index (κ2) is 7.85. The molecule has 0 spiro atoms. The van der Waals surface area contributed by atoms with Crippen LogP contribution in [0.2, 0.25) is 0 Å². The fourth-order valence-corrected chi connectivity index (χ4v) is 2.31. The van der Waals surface area contributed by atoms with Crippen LogP contribution in [0, 0.1) is 0 Å². The molecule has 1 rings (SSSR count). The van der Waals surface area contributed by atoms with Gasteiger partial charge in [-0.15, -0.1) is 0 Å². The first-order chi connectivity index (χ1) is 10.2. The van der Waals surface area contributed by atoms with E-state index in [1.807, 2.05) is 0 Å². The van der Waals surface area contributed by atoms with E-state index >= 15 is 0 Å². The van der Waals surface area contributed by atoms with Gasteiger partial charge in [0.15, 0.2) is 12.5 Å². The number of hydrogen-bond acceptors (Lipinski definition) is 4. The summed E-state index contributed by atoms with van der Waals surface area (Å²) in [6, 6.07) is 4.81. The summed E-state index contributed by atoms with van der Waals surface area (Å²) < 4.78 is 26.3. The van der Waals surface area contributed by atoms with Crippen molar-refractivity contribution in [3.05, 3.63) is 28.2 Å². The fraction of sp³-hybridized carbons (Fsp3) is 0.429. The summed E-state index contributed by atoms with van der Waals surface area (Å²) in [5.74, 6) is -0.995. The monoisotopic (exact) mass is 391 g/mol. The van der Waals surface area contributed by atoms with E-state index < -0.39 is 21.7 Å². The van der Waals surface area contributed by atoms with Gasteiger partial charge in [0.25, 0.3) is 0 Å². The zero-order valence-electron chi connectivity index (χ0n) is 12.8. The highest BCUT2D eigenvalue weighted by atomic mass is 79.9. The third-order valence-electron chi connectivity index (χ3n) is 2.43. The highest BCUT2D eigenvalue weighted by Crippen LogP contribution is 2.26. The first-order valence-electron chi connectivity index (χ1n) is 6.32. The number of carboxylic acids is 1. The molecule has 1 N–H and O–H groups in total. The Balaban J connectivity index is 3.36. The zero-order chi connectivity index (χ0) is 16.9. The molecular weight excluding hydrogens is 374 g/mol. The summed E-state index contributed by atoms with van der Waals surface area (Å²) in [4.78, 5) is 11.5. The molecule has 0 fully saturated rings. The van der Waals surface area contributed by atoms with E-state index in [-0.39, 0.29) is 23.8 Å². The maximum Gasteiger partial charge on any atom is 0.356 e. The average Bonchev–Trinajstić information content (AvgIpc) is 2.41. The number of hydrogen-bond donors (Lipinski definition) is 1. The number of ether oxygens (including phenoxy) is 2. The molecule has 0 aliphatic rings. The van der Waals surface area contributed by atoms with Gasteiger partial charge in [0, 0.05) is 11.6 Å². The second-order valence-corrected chi connectivity index (χ2v) is 8.12. The number of benzene rings is 1. The van der Waals surface area contributed by atoms with Gasteiger partial charge in [-0.3, -0.25) is 0 Å². The summed E-state index contributed by atoms with van der Waals surface area (Å²) in [7, 11) is -0.242. The quantitative estimate of drug-likeness (QED) is 0.595. The molecule has 8 heteroatoms. The van der Waals surface area contributed by atoms with Crippen LogP contribution in [0.4, 0.5) is 0 Å². The lowest BCUT2D eigenvalue weighted by molar-refractivity contribution is -0.129. The number of carbonyl (C=O) groups is 1. The van der Waals surface area contributed by atoms with Gasteiger partial charge in [-0.1, -0.05) is 15.9 Å². The van der Waals surface area contributed by atoms with Crippen molar-refractivity contribution in [2.45, 2.75) is 25.5 Å². The van der Waals surface area contributed by atoms with Crippen molar-refractivity contribution in [1.29, 1.82) is 0 Å². The topological polar surface area (TPSA) is 85.2 Å². The third kappa shape index (κ3) is 5.19. The number of nitrogens with zero attached hydrogens (tertiary/aromatic N) is 1. The van der Waals surface area contributed by atoms with Crippen LogP contribution in [0.25, 0.3) is 0 Å². The van der Waals surface area contributed by atoms with Crippen LogP contribution in [-0.2, 0) is 20.5 Å². The molecule has 1 aromatic rings. The van der Waals surface area contributed by atoms with Gasteiger partial charge in [0.2, 0.25) is 0 Å². The van der Waals surface area contributed by atoms with Gasteiger partial charge in [-0.05, 0) is 39.0 Å². The standard InChI is InChI=1S/C14H18BrNO5S/c1-14(2,3)22(19)16-12(13(17)18)10-6-5-9(15)7-11(10)21-8-20-4/h5-7H,8H2,1-4H3,(H,17,18). The lowest BCUT2D eigenvalue weighted by Gasteiger charge is -2.15. The van der Waals surface area contributed by atoms with Gasteiger partial charge in [-0.25, -0.2) is 9.00 Å². The molecule has 6 nitrogen and oxygen atoms in total. The first kappa shape index (κ1) is 18.8. The molecule has 0 saturated heterocycles. The van der Waals surface area contributed by atoms with E-state index in [4.69, 9.17) is 9.47 Å². The minimum Gasteiger partial charge on any atom is -0.476 e. The van der Waals surface area contributed by atoms with Crippen LogP contribution >= 0.6 is 15.9 Å². The number of carboxylic acid groups (broad SMARTS) is 1. The lowest BCUT2D eigenvalue weighted by atomic mass is 10.1. The normalized spacial score (nSPS) is 13.8. The minimum atomic E-state index is -1.70. The van der Waals surface area contributed by atoms with E-state index in [1.165, 1.54) is 7.11 Å². The van der Waals surface area contributed by atoms with Crippen molar-refractivity contribution < 1.29 is 23.6 Å². The van der Waals surface area contributed by atoms with E-state index in [9.17, 15) is 14.1 Å². The fourth-order valence-electron chi connectivity index (χ4n) is 1.36. The lowest BCUT2D eigenvalue weighted by Crippen LogP contribution is -2.24. The van der Waals surface area contributed by atoms with Crippen LogP contribution in [-0.4, -0.2) is 39.6 Å². The Morgan fingerprint density at radius 2 is 2.05 bits per heavy atom. The SMILES string of the molecule is COCOc1cc(Br)ccc1C(=NS(=O)C(C)(C)C)C(=O)O. The van der Waals surface area contributed by atoms with E-state index in [0.717, 1.165) is 0 Å². The van der Waals surface area contributed by atoms with Crippen LogP contribution in [0.5, 0.6) is 5.75 Å². The predicted octanol–water partition coefficient (Wildman–Crippen LogP) is 2.77. The molecule has 1 aromatic carbocycles. The number of methoxy groups -OCH3 is 1. The Labute approximate surface area is 140 Å². The molecule has 0 aliphatic carbocycles. The second-order valence-electron chi connectivity index (χ2n) is 5.30. The van der Waals surface area contributed by atoms with E-state index in [1.54, 1.807) is 39.0 Å². The highest BCUT2D eigenvalue weighted by molar-refractivity contribution is 9.10. The smallest absolute Gasteiger partial charge is 0.356 e. The zero-order valence-corrected chi connectivity index (χ0v) is 15.2. The van der Waals surface area contributed by atoms with Crippen LogP contribution < -0.4 is 4.74 Å². The van der Waals surface area contributed by atoms with Crippen LogP contribution in [0.3, 0.4) is 0 Å². The summed E-state index contributed by atoms with van der Waals surface area (Å²) >= 11 is 3.29. The molecule has 0 aromatic heterocycles.